The molecule has 0 radical (unpaired) electrons. The molecule has 0 aliphatic carbocycles. The van der Waals surface area contributed by atoms with Gasteiger partial charge in [0.15, 0.2) is 11.5 Å². The van der Waals surface area contributed by atoms with Gasteiger partial charge < -0.3 is 9.47 Å². The second-order valence-corrected chi connectivity index (χ2v) is 7.64. The molecular weight excluding hydrogens is 338 g/mol. The highest BCUT2D eigenvalue weighted by molar-refractivity contribution is 8.04. The van der Waals surface area contributed by atoms with Gasteiger partial charge in [0.2, 0.25) is 0 Å². The number of benzene rings is 1. The fraction of sp³-hybridized carbons (Fsp3) is 0.474. The lowest BCUT2D eigenvalue weighted by atomic mass is 10.1. The Morgan fingerprint density at radius 2 is 1.76 bits per heavy atom. The second kappa shape index (κ2) is 8.43. The number of imide groups is 1. The highest BCUT2D eigenvalue weighted by Crippen LogP contribution is 2.40. The number of methoxy groups -OCH3 is 2. The zero-order chi connectivity index (χ0) is 18.6. The Bertz CT molecular complexity index is 697. The third-order valence-corrected chi connectivity index (χ3v) is 4.97. The smallest absolute Gasteiger partial charge is 0.267 e. The number of thioether (sulfide) groups is 1. The number of unbranched alkanes of at least 4 members (excludes halogenated alkanes) is 1. The van der Waals surface area contributed by atoms with Crippen LogP contribution in [-0.2, 0) is 9.59 Å². The molecule has 0 spiro atoms. The summed E-state index contributed by atoms with van der Waals surface area (Å²) in [6.45, 7) is 6.51. The van der Waals surface area contributed by atoms with E-state index in [4.69, 9.17) is 9.47 Å². The van der Waals surface area contributed by atoms with Crippen LogP contribution >= 0.6 is 11.8 Å². The molecule has 1 aromatic carbocycles. The normalized spacial score (nSPS) is 14.7. The van der Waals surface area contributed by atoms with E-state index in [1.807, 2.05) is 20.8 Å². The van der Waals surface area contributed by atoms with E-state index < -0.39 is 0 Å². The number of amides is 2. The van der Waals surface area contributed by atoms with Crippen LogP contribution in [0.25, 0.3) is 5.57 Å². The third-order valence-electron chi connectivity index (χ3n) is 3.89. The Kier molecular flexibility index (Phi) is 6.53. The van der Waals surface area contributed by atoms with E-state index in [2.05, 4.69) is 0 Å². The van der Waals surface area contributed by atoms with Gasteiger partial charge in [-0.1, -0.05) is 33.3 Å². The number of rotatable bonds is 8. The number of carbonyl (C=O) groups is 2. The lowest BCUT2D eigenvalue weighted by Crippen LogP contribution is -2.32. The molecule has 0 atom stereocenters. The maximum absolute atomic E-state index is 12.9. The first kappa shape index (κ1) is 19.4. The molecule has 0 bridgehead atoms. The van der Waals surface area contributed by atoms with Crippen molar-refractivity contribution in [3.05, 3.63) is 28.7 Å². The van der Waals surface area contributed by atoms with Gasteiger partial charge in [-0.05, 0) is 24.1 Å². The summed E-state index contributed by atoms with van der Waals surface area (Å²) in [5, 5.41) is 0.202. The minimum Gasteiger partial charge on any atom is -0.493 e. The molecule has 25 heavy (non-hydrogen) atoms. The Morgan fingerprint density at radius 1 is 1.08 bits per heavy atom. The summed E-state index contributed by atoms with van der Waals surface area (Å²) >= 11 is 1.43. The summed E-state index contributed by atoms with van der Waals surface area (Å²) in [6, 6.07) is 5.31. The van der Waals surface area contributed by atoms with Gasteiger partial charge in [-0.2, -0.15) is 0 Å². The highest BCUT2D eigenvalue weighted by atomic mass is 32.2. The molecule has 5 nitrogen and oxygen atoms in total. The molecule has 1 aliphatic rings. The van der Waals surface area contributed by atoms with Crippen molar-refractivity contribution in [2.75, 3.05) is 20.8 Å². The van der Waals surface area contributed by atoms with Crippen LogP contribution in [0.2, 0.25) is 0 Å². The quantitative estimate of drug-likeness (QED) is 0.659. The van der Waals surface area contributed by atoms with Crippen LogP contribution in [0, 0.1) is 0 Å². The van der Waals surface area contributed by atoms with Gasteiger partial charge in [0, 0.05) is 11.8 Å². The van der Waals surface area contributed by atoms with E-state index in [9.17, 15) is 9.59 Å². The third kappa shape index (κ3) is 4.00. The van der Waals surface area contributed by atoms with Gasteiger partial charge in [-0.3, -0.25) is 14.5 Å². The van der Waals surface area contributed by atoms with Crippen molar-refractivity contribution in [3.8, 4) is 11.5 Å². The molecule has 1 aromatic rings. The van der Waals surface area contributed by atoms with Crippen LogP contribution in [-0.4, -0.2) is 42.7 Å². The van der Waals surface area contributed by atoms with E-state index in [1.165, 1.54) is 16.7 Å². The van der Waals surface area contributed by atoms with E-state index in [0.717, 1.165) is 12.8 Å². The van der Waals surface area contributed by atoms with Gasteiger partial charge in [-0.25, -0.2) is 0 Å². The van der Waals surface area contributed by atoms with Gasteiger partial charge in [0.05, 0.1) is 24.7 Å². The lowest BCUT2D eigenvalue weighted by Gasteiger charge is -2.14. The minimum absolute atomic E-state index is 0.193. The summed E-state index contributed by atoms with van der Waals surface area (Å²) in [5.41, 5.74) is 1.14. The van der Waals surface area contributed by atoms with Crippen molar-refractivity contribution in [3.63, 3.8) is 0 Å². The van der Waals surface area contributed by atoms with Crippen LogP contribution in [0.5, 0.6) is 11.5 Å². The van der Waals surface area contributed by atoms with Crippen molar-refractivity contribution in [1.29, 1.82) is 0 Å². The molecule has 2 amide bonds. The largest absolute Gasteiger partial charge is 0.493 e. The average molecular weight is 363 g/mol. The SMILES string of the molecule is CCCCN1C(=O)C(SC(C)C)=C(c2ccc(OC)c(OC)c2)C1=O. The van der Waals surface area contributed by atoms with Crippen molar-refractivity contribution >= 4 is 29.1 Å². The number of carbonyl (C=O) groups excluding carboxylic acids is 2. The molecule has 0 saturated carbocycles. The molecule has 0 saturated heterocycles. The molecule has 1 heterocycles. The Balaban J connectivity index is 2.50. The maximum Gasteiger partial charge on any atom is 0.267 e. The van der Waals surface area contributed by atoms with E-state index in [0.29, 0.717) is 34.1 Å². The first-order valence-electron chi connectivity index (χ1n) is 8.44. The molecule has 0 unspecified atom stereocenters. The van der Waals surface area contributed by atoms with Crippen molar-refractivity contribution in [2.24, 2.45) is 0 Å². The molecule has 1 aliphatic heterocycles. The lowest BCUT2D eigenvalue weighted by molar-refractivity contribution is -0.136. The predicted octanol–water partition coefficient (Wildman–Crippen LogP) is 3.73. The minimum atomic E-state index is -0.228. The van der Waals surface area contributed by atoms with E-state index in [1.54, 1.807) is 32.4 Å². The molecule has 0 aromatic heterocycles. The van der Waals surface area contributed by atoms with Crippen molar-refractivity contribution in [2.45, 2.75) is 38.9 Å². The predicted molar refractivity (Wildman–Crippen MR) is 101 cm³/mol. The van der Waals surface area contributed by atoms with Crippen LogP contribution in [0.1, 0.15) is 39.2 Å². The van der Waals surface area contributed by atoms with Crippen LogP contribution < -0.4 is 9.47 Å². The average Bonchev–Trinajstić information content (AvgIpc) is 2.82. The summed E-state index contributed by atoms with van der Waals surface area (Å²) in [6.07, 6.45) is 1.73. The second-order valence-electron chi connectivity index (χ2n) is 6.06. The zero-order valence-electron chi connectivity index (χ0n) is 15.4. The van der Waals surface area contributed by atoms with E-state index in [-0.39, 0.29) is 17.1 Å². The fourth-order valence-corrected chi connectivity index (χ4v) is 3.67. The zero-order valence-corrected chi connectivity index (χ0v) is 16.2. The van der Waals surface area contributed by atoms with Crippen LogP contribution in [0.15, 0.2) is 23.1 Å². The van der Waals surface area contributed by atoms with E-state index >= 15 is 0 Å². The fourth-order valence-electron chi connectivity index (χ4n) is 2.66. The van der Waals surface area contributed by atoms with Crippen LogP contribution in [0.3, 0.4) is 0 Å². The number of ether oxygens (including phenoxy) is 2. The van der Waals surface area contributed by atoms with Crippen molar-refractivity contribution in [1.82, 2.24) is 4.90 Å². The first-order valence-corrected chi connectivity index (χ1v) is 9.32. The van der Waals surface area contributed by atoms with Gasteiger partial charge in [0.1, 0.15) is 0 Å². The number of nitrogens with zero attached hydrogens (tertiary/aromatic N) is 1. The monoisotopic (exact) mass is 363 g/mol. The topological polar surface area (TPSA) is 55.8 Å². The first-order chi connectivity index (χ1) is 11.9. The number of hydrogen-bond acceptors (Lipinski definition) is 5. The molecule has 6 heteroatoms. The molecule has 2 rings (SSSR count). The molecule has 136 valence electrons. The molecule has 0 N–H and O–H groups in total. The van der Waals surface area contributed by atoms with Crippen LogP contribution in [0.4, 0.5) is 0 Å². The Hall–Kier alpha value is -1.95. The standard InChI is InChI=1S/C19H25NO4S/c1-6-7-10-20-18(21)16(17(19(20)22)25-12(2)3)13-8-9-14(23-4)15(11-13)24-5/h8-9,11-12H,6-7,10H2,1-5H3. The van der Waals surface area contributed by atoms with Crippen molar-refractivity contribution < 1.29 is 19.1 Å². The van der Waals surface area contributed by atoms with Gasteiger partial charge in [-0.15, -0.1) is 11.8 Å². The summed E-state index contributed by atoms with van der Waals surface area (Å²) < 4.78 is 10.6. The Morgan fingerprint density at radius 3 is 2.32 bits per heavy atom. The highest BCUT2D eigenvalue weighted by Gasteiger charge is 2.39. The Labute approximate surface area is 153 Å². The maximum atomic E-state index is 12.9. The van der Waals surface area contributed by atoms with Gasteiger partial charge >= 0.3 is 0 Å². The summed E-state index contributed by atoms with van der Waals surface area (Å²) in [7, 11) is 3.11. The summed E-state index contributed by atoms with van der Waals surface area (Å²) in [4.78, 5) is 27.6. The summed E-state index contributed by atoms with van der Waals surface area (Å²) in [5.74, 6) is 0.703. The number of hydrogen-bond donors (Lipinski definition) is 0. The van der Waals surface area contributed by atoms with Gasteiger partial charge in [0.25, 0.3) is 11.8 Å². The molecule has 0 fully saturated rings. The molecular formula is C19H25NO4S.